The van der Waals surface area contributed by atoms with E-state index >= 15 is 0 Å². The maximum atomic E-state index is 12.4. The minimum atomic E-state index is -0.290. The molecule has 0 atom stereocenters. The number of aliphatic imine (C=N–C) groups is 1. The number of likely N-dealkylation sites (N-methyl/N-ethyl adjacent to an activating group) is 1. The van der Waals surface area contributed by atoms with Crippen LogP contribution in [0.3, 0.4) is 0 Å². The molecule has 0 aliphatic heterocycles. The van der Waals surface area contributed by atoms with Gasteiger partial charge in [-0.2, -0.15) is 0 Å². The fourth-order valence-corrected chi connectivity index (χ4v) is 2.71. The molecular weight excluding hydrogens is 300 g/mol. The molecule has 0 aliphatic carbocycles. The van der Waals surface area contributed by atoms with E-state index in [-0.39, 0.29) is 17.0 Å². The average Bonchev–Trinajstić information content (AvgIpc) is 2.51. The quantitative estimate of drug-likeness (QED) is 0.585. The normalized spacial score (nSPS) is 11.7. The molecule has 0 amide bonds. The number of rotatable bonds is 8. The maximum absolute atomic E-state index is 12.4. The first-order chi connectivity index (χ1) is 10.5. The zero-order valence-electron chi connectivity index (χ0n) is 13.9. The van der Waals surface area contributed by atoms with Gasteiger partial charge in [-0.1, -0.05) is 13.8 Å². The van der Waals surface area contributed by atoms with Crippen molar-refractivity contribution in [2.24, 2.45) is 4.99 Å². The molecule has 0 spiro atoms. The third kappa shape index (κ3) is 4.04. The van der Waals surface area contributed by atoms with Gasteiger partial charge in [0.25, 0.3) is 5.56 Å². The van der Waals surface area contributed by atoms with Crippen LogP contribution in [0, 0.1) is 4.77 Å². The van der Waals surface area contributed by atoms with Gasteiger partial charge in [-0.05, 0) is 39.2 Å². The van der Waals surface area contributed by atoms with E-state index in [0.29, 0.717) is 24.4 Å². The predicted octanol–water partition coefficient (Wildman–Crippen LogP) is 1.89. The number of aromatic nitrogens is 2. The van der Waals surface area contributed by atoms with Crippen molar-refractivity contribution in [3.63, 3.8) is 0 Å². The van der Waals surface area contributed by atoms with Crippen molar-refractivity contribution < 1.29 is 5.11 Å². The molecule has 0 unspecified atom stereocenters. The lowest BCUT2D eigenvalue weighted by molar-refractivity contribution is 0.313. The van der Waals surface area contributed by atoms with Crippen molar-refractivity contribution in [2.45, 2.75) is 40.8 Å². The zero-order valence-corrected chi connectivity index (χ0v) is 14.7. The third-order valence-electron chi connectivity index (χ3n) is 3.73. The molecule has 1 rings (SSSR count). The molecule has 1 aromatic heterocycles. The minimum Gasteiger partial charge on any atom is -0.494 e. The molecule has 1 aromatic rings. The number of hydrogen-bond acceptors (Lipinski definition) is 5. The summed E-state index contributed by atoms with van der Waals surface area (Å²) >= 11 is 5.24. The molecule has 0 aliphatic rings. The van der Waals surface area contributed by atoms with Crippen molar-refractivity contribution in [1.29, 1.82) is 0 Å². The standard InChI is InChI=1S/C15H26N4O2S/c1-5-17(6-2)10-9-16-11-12-13(20)18(7-3)15(22)19(8-4)14(12)21/h11,20H,5-10H2,1-4H3. The van der Waals surface area contributed by atoms with Crippen molar-refractivity contribution in [3.8, 4) is 5.88 Å². The van der Waals surface area contributed by atoms with Crippen LogP contribution in [0.1, 0.15) is 33.3 Å². The van der Waals surface area contributed by atoms with E-state index in [9.17, 15) is 9.90 Å². The Morgan fingerprint density at radius 1 is 1.18 bits per heavy atom. The molecule has 0 radical (unpaired) electrons. The van der Waals surface area contributed by atoms with Crippen molar-refractivity contribution >= 4 is 18.4 Å². The monoisotopic (exact) mass is 326 g/mol. The Kier molecular flexibility index (Phi) is 7.47. The van der Waals surface area contributed by atoms with E-state index in [1.165, 1.54) is 10.8 Å². The van der Waals surface area contributed by atoms with Gasteiger partial charge >= 0.3 is 0 Å². The fraction of sp³-hybridized carbons (Fsp3) is 0.667. The average molecular weight is 326 g/mol. The first-order valence-corrected chi connectivity index (χ1v) is 8.21. The van der Waals surface area contributed by atoms with Crippen LogP contribution >= 0.6 is 12.2 Å². The first-order valence-electron chi connectivity index (χ1n) is 7.80. The molecular formula is C15H26N4O2S. The molecule has 22 heavy (non-hydrogen) atoms. The van der Waals surface area contributed by atoms with Crippen LogP contribution in [0.15, 0.2) is 9.79 Å². The zero-order chi connectivity index (χ0) is 16.7. The van der Waals surface area contributed by atoms with Gasteiger partial charge in [0.15, 0.2) is 4.77 Å². The SMILES string of the molecule is CCN(CC)CCN=Cc1c(O)n(CC)c(=S)n(CC)c1=O. The molecule has 0 aromatic carbocycles. The Labute approximate surface area is 136 Å². The lowest BCUT2D eigenvalue weighted by Gasteiger charge is -2.16. The van der Waals surface area contributed by atoms with Crippen LogP contribution in [0.5, 0.6) is 5.88 Å². The smallest absolute Gasteiger partial charge is 0.267 e. The van der Waals surface area contributed by atoms with Crippen LogP contribution in [-0.2, 0) is 13.1 Å². The van der Waals surface area contributed by atoms with Gasteiger partial charge in [0.2, 0.25) is 5.88 Å². The highest BCUT2D eigenvalue weighted by Gasteiger charge is 2.13. The summed E-state index contributed by atoms with van der Waals surface area (Å²) in [6, 6.07) is 0. The van der Waals surface area contributed by atoms with E-state index in [1.54, 1.807) is 4.57 Å². The first kappa shape index (κ1) is 18.6. The summed E-state index contributed by atoms with van der Waals surface area (Å²) in [5.41, 5.74) is -0.0851. The molecule has 7 heteroatoms. The summed E-state index contributed by atoms with van der Waals surface area (Å²) in [7, 11) is 0. The Morgan fingerprint density at radius 3 is 2.27 bits per heavy atom. The van der Waals surface area contributed by atoms with Crippen LogP contribution in [0.25, 0.3) is 0 Å². The van der Waals surface area contributed by atoms with Gasteiger partial charge in [0, 0.05) is 25.8 Å². The second-order valence-electron chi connectivity index (χ2n) is 4.88. The summed E-state index contributed by atoms with van der Waals surface area (Å²) in [5, 5.41) is 10.3. The lowest BCUT2D eigenvalue weighted by atomic mass is 10.3. The van der Waals surface area contributed by atoms with Gasteiger partial charge in [-0.25, -0.2) is 0 Å². The summed E-state index contributed by atoms with van der Waals surface area (Å²) in [6.07, 6.45) is 1.47. The molecule has 1 heterocycles. The Bertz CT molecular complexity index is 630. The summed E-state index contributed by atoms with van der Waals surface area (Å²) in [4.78, 5) is 18.9. The Balaban J connectivity index is 3.09. The van der Waals surface area contributed by atoms with Crippen LogP contribution in [-0.4, -0.2) is 51.5 Å². The predicted molar refractivity (Wildman–Crippen MR) is 92.8 cm³/mol. The summed E-state index contributed by atoms with van der Waals surface area (Å²) in [6.45, 7) is 12.3. The molecule has 0 saturated heterocycles. The Hall–Kier alpha value is -1.47. The van der Waals surface area contributed by atoms with E-state index in [1.807, 2.05) is 13.8 Å². The van der Waals surface area contributed by atoms with Crippen LogP contribution < -0.4 is 5.56 Å². The van der Waals surface area contributed by atoms with Gasteiger partial charge in [0.1, 0.15) is 5.56 Å². The molecule has 1 N–H and O–H groups in total. The largest absolute Gasteiger partial charge is 0.494 e. The number of hydrogen-bond donors (Lipinski definition) is 1. The number of aromatic hydroxyl groups is 1. The second kappa shape index (κ2) is 8.85. The topological polar surface area (TPSA) is 62.8 Å². The van der Waals surface area contributed by atoms with Gasteiger partial charge in [-0.3, -0.25) is 18.9 Å². The number of nitrogens with zero attached hydrogens (tertiary/aromatic N) is 4. The van der Waals surface area contributed by atoms with E-state index in [0.717, 1.165) is 19.6 Å². The molecule has 0 saturated carbocycles. The van der Waals surface area contributed by atoms with E-state index < -0.39 is 0 Å². The van der Waals surface area contributed by atoms with Crippen molar-refractivity contribution in [1.82, 2.24) is 14.0 Å². The molecule has 124 valence electrons. The van der Waals surface area contributed by atoms with E-state index in [4.69, 9.17) is 12.2 Å². The van der Waals surface area contributed by atoms with Crippen LogP contribution in [0.2, 0.25) is 0 Å². The van der Waals surface area contributed by atoms with Gasteiger partial charge in [0.05, 0.1) is 6.54 Å². The van der Waals surface area contributed by atoms with Gasteiger partial charge in [-0.15, -0.1) is 0 Å². The fourth-order valence-electron chi connectivity index (χ4n) is 2.28. The van der Waals surface area contributed by atoms with Crippen molar-refractivity contribution in [3.05, 3.63) is 20.7 Å². The molecule has 0 fully saturated rings. The maximum Gasteiger partial charge on any atom is 0.267 e. The highest BCUT2D eigenvalue weighted by atomic mass is 32.1. The summed E-state index contributed by atoms with van der Waals surface area (Å²) in [5.74, 6) is -0.103. The Morgan fingerprint density at radius 2 is 1.77 bits per heavy atom. The molecule has 6 nitrogen and oxygen atoms in total. The van der Waals surface area contributed by atoms with E-state index in [2.05, 4.69) is 23.7 Å². The molecule has 0 bridgehead atoms. The highest BCUT2D eigenvalue weighted by molar-refractivity contribution is 7.71. The second-order valence-corrected chi connectivity index (χ2v) is 5.24. The minimum absolute atomic E-state index is 0.103. The van der Waals surface area contributed by atoms with Crippen LogP contribution in [0.4, 0.5) is 0 Å². The highest BCUT2D eigenvalue weighted by Crippen LogP contribution is 2.12. The van der Waals surface area contributed by atoms with Gasteiger partial charge < -0.3 is 10.0 Å². The lowest BCUT2D eigenvalue weighted by Crippen LogP contribution is -2.28. The third-order valence-corrected chi connectivity index (χ3v) is 4.17. The summed E-state index contributed by atoms with van der Waals surface area (Å²) < 4.78 is 3.36. The van der Waals surface area contributed by atoms with Crippen molar-refractivity contribution in [2.75, 3.05) is 26.2 Å².